The Morgan fingerprint density at radius 3 is 2.67 bits per heavy atom. The van der Waals surface area contributed by atoms with Gasteiger partial charge in [0.05, 0.1) is 16.3 Å². The lowest BCUT2D eigenvalue weighted by molar-refractivity contribution is 0.485. The van der Waals surface area contributed by atoms with Crippen molar-refractivity contribution in [3.8, 4) is 17.6 Å². The van der Waals surface area contributed by atoms with Gasteiger partial charge in [-0.2, -0.15) is 5.26 Å². The van der Waals surface area contributed by atoms with Crippen LogP contribution in [0.15, 0.2) is 36.4 Å². The van der Waals surface area contributed by atoms with Gasteiger partial charge in [-0.25, -0.2) is 0 Å². The first kappa shape index (κ1) is 12.3. The molecule has 0 aliphatic heterocycles. The van der Waals surface area contributed by atoms with E-state index in [1.54, 1.807) is 30.3 Å². The number of nitriles is 1. The van der Waals surface area contributed by atoms with Crippen LogP contribution in [-0.2, 0) is 0 Å². The molecule has 0 bridgehead atoms. The maximum absolute atomic E-state index is 8.89. The molecule has 0 aliphatic rings. The van der Waals surface area contributed by atoms with Gasteiger partial charge in [-0.1, -0.05) is 23.7 Å². The highest BCUT2D eigenvalue weighted by Crippen LogP contribution is 2.34. The Bertz CT molecular complexity index is 632. The number of ether oxygens (including phenoxy) is 1. The Kier molecular flexibility index (Phi) is 3.40. The summed E-state index contributed by atoms with van der Waals surface area (Å²) in [6, 6.07) is 12.5. The number of nitrogens with zero attached hydrogens (tertiary/aromatic N) is 1. The maximum atomic E-state index is 8.89. The number of aryl methyl sites for hydroxylation is 1. The molecule has 3 nitrogen and oxygen atoms in total. The number of hydrogen-bond acceptors (Lipinski definition) is 3. The van der Waals surface area contributed by atoms with Crippen molar-refractivity contribution >= 4 is 17.3 Å². The van der Waals surface area contributed by atoms with Gasteiger partial charge < -0.3 is 10.5 Å². The Morgan fingerprint density at radius 1 is 1.22 bits per heavy atom. The van der Waals surface area contributed by atoms with Gasteiger partial charge >= 0.3 is 0 Å². The van der Waals surface area contributed by atoms with Gasteiger partial charge in [-0.05, 0) is 36.8 Å². The number of anilines is 1. The van der Waals surface area contributed by atoms with Crippen LogP contribution in [0.1, 0.15) is 11.1 Å². The van der Waals surface area contributed by atoms with Crippen molar-refractivity contribution in [2.45, 2.75) is 6.92 Å². The lowest BCUT2D eigenvalue weighted by atomic mass is 10.2. The predicted molar refractivity (Wildman–Crippen MR) is 71.8 cm³/mol. The molecule has 0 radical (unpaired) electrons. The molecule has 0 amide bonds. The fourth-order valence-corrected chi connectivity index (χ4v) is 1.81. The van der Waals surface area contributed by atoms with E-state index in [1.165, 1.54) is 0 Å². The van der Waals surface area contributed by atoms with E-state index in [0.29, 0.717) is 27.8 Å². The van der Waals surface area contributed by atoms with Gasteiger partial charge in [-0.3, -0.25) is 0 Å². The first-order valence-corrected chi connectivity index (χ1v) is 5.72. The zero-order valence-electron chi connectivity index (χ0n) is 9.77. The summed E-state index contributed by atoms with van der Waals surface area (Å²) < 4.78 is 5.63. The predicted octanol–water partition coefficient (Wildman–Crippen LogP) is 3.89. The molecule has 0 unspecified atom stereocenters. The number of para-hydroxylation sites is 1. The topological polar surface area (TPSA) is 59.0 Å². The van der Waals surface area contributed by atoms with Crippen LogP contribution < -0.4 is 10.5 Å². The second-order valence-corrected chi connectivity index (χ2v) is 4.27. The quantitative estimate of drug-likeness (QED) is 0.831. The van der Waals surface area contributed by atoms with Gasteiger partial charge in [0.1, 0.15) is 11.8 Å². The molecule has 0 saturated heterocycles. The van der Waals surface area contributed by atoms with Crippen molar-refractivity contribution in [3.63, 3.8) is 0 Å². The molecule has 4 heteroatoms. The molecule has 2 aromatic rings. The van der Waals surface area contributed by atoms with E-state index in [0.717, 1.165) is 5.56 Å². The monoisotopic (exact) mass is 258 g/mol. The molecule has 0 aromatic heterocycles. The summed E-state index contributed by atoms with van der Waals surface area (Å²) in [6.07, 6.45) is 0. The van der Waals surface area contributed by atoms with Crippen molar-refractivity contribution in [2.75, 3.05) is 5.73 Å². The van der Waals surface area contributed by atoms with Crippen LogP contribution in [0.3, 0.4) is 0 Å². The maximum Gasteiger partial charge on any atom is 0.151 e. The van der Waals surface area contributed by atoms with Gasteiger partial charge in [0.15, 0.2) is 5.75 Å². The number of halogens is 1. The zero-order valence-corrected chi connectivity index (χ0v) is 10.5. The van der Waals surface area contributed by atoms with Crippen LogP contribution in [0.2, 0.25) is 5.02 Å². The van der Waals surface area contributed by atoms with Crippen molar-refractivity contribution in [3.05, 3.63) is 52.5 Å². The summed E-state index contributed by atoms with van der Waals surface area (Å²) in [7, 11) is 0. The molecule has 18 heavy (non-hydrogen) atoms. The highest BCUT2D eigenvalue weighted by Gasteiger charge is 2.08. The lowest BCUT2D eigenvalue weighted by Gasteiger charge is -2.10. The van der Waals surface area contributed by atoms with E-state index < -0.39 is 0 Å². The number of hydrogen-bond donors (Lipinski definition) is 1. The van der Waals surface area contributed by atoms with Crippen LogP contribution >= 0.6 is 11.6 Å². The number of nitrogen functional groups attached to an aromatic ring is 1. The van der Waals surface area contributed by atoms with Gasteiger partial charge in [-0.15, -0.1) is 0 Å². The second-order valence-electron chi connectivity index (χ2n) is 3.87. The summed E-state index contributed by atoms with van der Waals surface area (Å²) in [5.74, 6) is 0.948. The number of nitrogens with two attached hydrogens (primary N) is 1. The zero-order chi connectivity index (χ0) is 13.1. The van der Waals surface area contributed by atoms with E-state index in [2.05, 4.69) is 0 Å². The summed E-state index contributed by atoms with van der Waals surface area (Å²) in [5.41, 5.74) is 7.58. The van der Waals surface area contributed by atoms with E-state index in [4.69, 9.17) is 27.3 Å². The number of benzene rings is 2. The number of rotatable bonds is 2. The highest BCUT2D eigenvalue weighted by atomic mass is 35.5. The van der Waals surface area contributed by atoms with Crippen LogP contribution in [0.25, 0.3) is 0 Å². The molecular weight excluding hydrogens is 248 g/mol. The molecule has 0 heterocycles. The SMILES string of the molecule is Cc1ccc(Oc2cccc(C#N)c2N)c(Cl)c1. The third-order valence-corrected chi connectivity index (χ3v) is 2.79. The van der Waals surface area contributed by atoms with Crippen LogP contribution in [0.5, 0.6) is 11.5 Å². The molecule has 2 N–H and O–H groups in total. The molecule has 2 rings (SSSR count). The van der Waals surface area contributed by atoms with Gasteiger partial charge in [0, 0.05) is 0 Å². The lowest BCUT2D eigenvalue weighted by Crippen LogP contribution is -1.95. The van der Waals surface area contributed by atoms with E-state index >= 15 is 0 Å². The van der Waals surface area contributed by atoms with Crippen molar-refractivity contribution in [2.24, 2.45) is 0 Å². The van der Waals surface area contributed by atoms with Gasteiger partial charge in [0.25, 0.3) is 0 Å². The third kappa shape index (κ3) is 2.39. The molecule has 0 fully saturated rings. The standard InChI is InChI=1S/C14H11ClN2O/c1-9-5-6-12(11(15)7-9)18-13-4-2-3-10(8-16)14(13)17/h2-7H,17H2,1H3. The Labute approximate surface area is 110 Å². The van der Waals surface area contributed by atoms with E-state index in [9.17, 15) is 0 Å². The fourth-order valence-electron chi connectivity index (χ4n) is 1.54. The molecule has 0 aliphatic carbocycles. The Morgan fingerprint density at radius 2 is 2.00 bits per heavy atom. The average molecular weight is 259 g/mol. The average Bonchev–Trinajstić information content (AvgIpc) is 2.35. The summed E-state index contributed by atoms with van der Waals surface area (Å²) in [6.45, 7) is 1.94. The summed E-state index contributed by atoms with van der Waals surface area (Å²) in [4.78, 5) is 0. The Hall–Kier alpha value is -2.18. The normalized spacial score (nSPS) is 9.83. The smallest absolute Gasteiger partial charge is 0.151 e. The van der Waals surface area contributed by atoms with Crippen molar-refractivity contribution in [1.82, 2.24) is 0 Å². The van der Waals surface area contributed by atoms with Crippen molar-refractivity contribution < 1.29 is 4.74 Å². The second kappa shape index (κ2) is 4.99. The summed E-state index contributed by atoms with van der Waals surface area (Å²) >= 11 is 6.07. The molecule has 0 saturated carbocycles. The van der Waals surface area contributed by atoms with Gasteiger partial charge in [0.2, 0.25) is 0 Å². The van der Waals surface area contributed by atoms with Crippen LogP contribution in [0, 0.1) is 18.3 Å². The molecular formula is C14H11ClN2O. The minimum atomic E-state index is 0.316. The van der Waals surface area contributed by atoms with E-state index in [1.807, 2.05) is 19.1 Å². The van der Waals surface area contributed by atoms with Crippen LogP contribution in [-0.4, -0.2) is 0 Å². The van der Waals surface area contributed by atoms with Crippen molar-refractivity contribution in [1.29, 1.82) is 5.26 Å². The minimum absolute atomic E-state index is 0.316. The minimum Gasteiger partial charge on any atom is -0.454 e. The largest absolute Gasteiger partial charge is 0.454 e. The highest BCUT2D eigenvalue weighted by molar-refractivity contribution is 6.32. The third-order valence-electron chi connectivity index (χ3n) is 2.49. The summed E-state index contributed by atoms with van der Waals surface area (Å²) in [5, 5.41) is 9.40. The first-order valence-electron chi connectivity index (χ1n) is 5.34. The molecule has 0 spiro atoms. The molecule has 0 atom stereocenters. The van der Waals surface area contributed by atoms with E-state index in [-0.39, 0.29) is 0 Å². The molecule has 2 aromatic carbocycles. The Balaban J connectivity index is 2.38. The first-order chi connectivity index (χ1) is 8.61. The van der Waals surface area contributed by atoms with Crippen LogP contribution in [0.4, 0.5) is 5.69 Å². The molecule has 90 valence electrons. The fraction of sp³-hybridized carbons (Fsp3) is 0.0714.